The van der Waals surface area contributed by atoms with Crippen molar-refractivity contribution in [1.29, 1.82) is 0 Å². The van der Waals surface area contributed by atoms with Crippen molar-refractivity contribution in [3.8, 4) is 11.1 Å². The monoisotopic (exact) mass is 281 g/mol. The molecule has 0 aliphatic carbocycles. The van der Waals surface area contributed by atoms with Crippen LogP contribution in [0.1, 0.15) is 23.2 Å². The molecule has 0 atom stereocenters. The number of aromatic nitrogens is 1. The number of hydrogen-bond donors (Lipinski definition) is 1. The third-order valence-corrected chi connectivity index (χ3v) is 3.93. The van der Waals surface area contributed by atoms with Crippen molar-refractivity contribution < 1.29 is 4.79 Å². The highest BCUT2D eigenvalue weighted by molar-refractivity contribution is 6.01. The summed E-state index contributed by atoms with van der Waals surface area (Å²) in [6.07, 6.45) is 5.92. The van der Waals surface area contributed by atoms with E-state index in [4.69, 9.17) is 0 Å². The quantitative estimate of drug-likeness (QED) is 0.941. The van der Waals surface area contributed by atoms with Crippen molar-refractivity contribution in [2.24, 2.45) is 0 Å². The van der Waals surface area contributed by atoms with Gasteiger partial charge in [-0.05, 0) is 48.2 Å². The van der Waals surface area contributed by atoms with Gasteiger partial charge in [-0.3, -0.25) is 9.78 Å². The molecule has 21 heavy (non-hydrogen) atoms. The van der Waals surface area contributed by atoms with E-state index in [1.807, 2.05) is 18.2 Å². The molecule has 0 unspecified atom stereocenters. The van der Waals surface area contributed by atoms with Gasteiger partial charge in [-0.25, -0.2) is 0 Å². The Kier molecular flexibility index (Phi) is 3.86. The highest BCUT2D eigenvalue weighted by Crippen LogP contribution is 2.29. The fraction of sp³-hybridized carbons (Fsp3) is 0.294. The SMILES string of the molecule is CNC(=O)c1cc(-c2ccncc2)ccc1N1CCCC1. The zero-order valence-corrected chi connectivity index (χ0v) is 12.2. The lowest BCUT2D eigenvalue weighted by Crippen LogP contribution is -2.25. The second kappa shape index (κ2) is 5.95. The van der Waals surface area contributed by atoms with Gasteiger partial charge in [0.2, 0.25) is 0 Å². The first kappa shape index (κ1) is 13.6. The molecule has 2 heterocycles. The molecular formula is C17H19N3O. The largest absolute Gasteiger partial charge is 0.371 e. The van der Waals surface area contributed by atoms with Crippen molar-refractivity contribution >= 4 is 11.6 Å². The van der Waals surface area contributed by atoms with Crippen molar-refractivity contribution in [2.75, 3.05) is 25.0 Å². The van der Waals surface area contributed by atoms with Crippen LogP contribution in [0.4, 0.5) is 5.69 Å². The molecule has 4 nitrogen and oxygen atoms in total. The van der Waals surface area contributed by atoms with Gasteiger partial charge in [0.25, 0.3) is 5.91 Å². The Morgan fingerprint density at radius 3 is 2.48 bits per heavy atom. The van der Waals surface area contributed by atoms with E-state index < -0.39 is 0 Å². The van der Waals surface area contributed by atoms with Crippen LogP contribution in [0.5, 0.6) is 0 Å². The summed E-state index contributed by atoms with van der Waals surface area (Å²) >= 11 is 0. The summed E-state index contributed by atoms with van der Waals surface area (Å²) in [5, 5.41) is 2.75. The molecule has 0 bridgehead atoms. The zero-order chi connectivity index (χ0) is 14.7. The van der Waals surface area contributed by atoms with Crippen molar-refractivity contribution in [1.82, 2.24) is 10.3 Å². The van der Waals surface area contributed by atoms with Gasteiger partial charge in [0.05, 0.1) is 5.56 Å². The average molecular weight is 281 g/mol. The molecule has 1 aromatic carbocycles. The van der Waals surface area contributed by atoms with Crippen LogP contribution < -0.4 is 10.2 Å². The Balaban J connectivity index is 2.04. The van der Waals surface area contributed by atoms with Gasteiger partial charge in [-0.2, -0.15) is 0 Å². The van der Waals surface area contributed by atoms with E-state index in [1.165, 1.54) is 12.8 Å². The zero-order valence-electron chi connectivity index (χ0n) is 12.2. The second-order valence-electron chi connectivity index (χ2n) is 5.24. The fourth-order valence-corrected chi connectivity index (χ4v) is 2.81. The molecule has 2 aromatic rings. The van der Waals surface area contributed by atoms with Gasteiger partial charge in [0.1, 0.15) is 0 Å². The van der Waals surface area contributed by atoms with E-state index in [0.717, 1.165) is 35.5 Å². The Hall–Kier alpha value is -2.36. The summed E-state index contributed by atoms with van der Waals surface area (Å²) in [6, 6.07) is 10.0. The van der Waals surface area contributed by atoms with E-state index in [-0.39, 0.29) is 5.91 Å². The van der Waals surface area contributed by atoms with Crippen LogP contribution in [0.15, 0.2) is 42.7 Å². The van der Waals surface area contributed by atoms with Gasteiger partial charge in [-0.15, -0.1) is 0 Å². The van der Waals surface area contributed by atoms with Gasteiger partial charge in [0.15, 0.2) is 0 Å². The maximum atomic E-state index is 12.2. The van der Waals surface area contributed by atoms with Crippen LogP contribution in [0.3, 0.4) is 0 Å². The van der Waals surface area contributed by atoms with E-state index in [2.05, 4.69) is 27.3 Å². The molecule has 1 N–H and O–H groups in total. The highest BCUT2D eigenvalue weighted by Gasteiger charge is 2.19. The highest BCUT2D eigenvalue weighted by atomic mass is 16.1. The van der Waals surface area contributed by atoms with Crippen molar-refractivity contribution in [3.05, 3.63) is 48.3 Å². The predicted octanol–water partition coefficient (Wildman–Crippen LogP) is 2.71. The number of pyridine rings is 1. The molecule has 1 fully saturated rings. The molecule has 108 valence electrons. The molecular weight excluding hydrogens is 262 g/mol. The molecule has 4 heteroatoms. The van der Waals surface area contributed by atoms with Crippen LogP contribution in [-0.2, 0) is 0 Å². The van der Waals surface area contributed by atoms with Gasteiger partial charge in [0, 0.05) is 38.2 Å². The summed E-state index contributed by atoms with van der Waals surface area (Å²) in [6.45, 7) is 2.05. The van der Waals surface area contributed by atoms with E-state index in [0.29, 0.717) is 0 Å². The minimum atomic E-state index is -0.0344. The first-order chi connectivity index (χ1) is 10.3. The van der Waals surface area contributed by atoms with E-state index in [1.54, 1.807) is 19.4 Å². The Labute approximate surface area is 124 Å². The topological polar surface area (TPSA) is 45.2 Å². The van der Waals surface area contributed by atoms with Crippen LogP contribution in [0, 0.1) is 0 Å². The van der Waals surface area contributed by atoms with Gasteiger partial charge >= 0.3 is 0 Å². The molecule has 1 aliphatic rings. The van der Waals surface area contributed by atoms with E-state index in [9.17, 15) is 4.79 Å². The number of anilines is 1. The number of nitrogens with one attached hydrogen (secondary N) is 1. The fourth-order valence-electron chi connectivity index (χ4n) is 2.81. The molecule has 1 aliphatic heterocycles. The Morgan fingerprint density at radius 2 is 1.81 bits per heavy atom. The number of rotatable bonds is 3. The molecule has 0 radical (unpaired) electrons. The van der Waals surface area contributed by atoms with E-state index >= 15 is 0 Å². The van der Waals surface area contributed by atoms with Gasteiger partial charge in [-0.1, -0.05) is 6.07 Å². The molecule has 0 saturated carbocycles. The summed E-state index contributed by atoms with van der Waals surface area (Å²) in [7, 11) is 1.68. The summed E-state index contributed by atoms with van der Waals surface area (Å²) in [5.41, 5.74) is 3.89. The lowest BCUT2D eigenvalue weighted by Gasteiger charge is -2.21. The predicted molar refractivity (Wildman–Crippen MR) is 84.5 cm³/mol. The van der Waals surface area contributed by atoms with Crippen LogP contribution >= 0.6 is 0 Å². The number of carbonyl (C=O) groups excluding carboxylic acids is 1. The molecule has 1 aromatic heterocycles. The van der Waals surface area contributed by atoms with Gasteiger partial charge < -0.3 is 10.2 Å². The van der Waals surface area contributed by atoms with Crippen molar-refractivity contribution in [2.45, 2.75) is 12.8 Å². The lowest BCUT2D eigenvalue weighted by molar-refractivity contribution is 0.0963. The normalized spacial score (nSPS) is 14.2. The molecule has 3 rings (SSSR count). The number of amides is 1. The maximum Gasteiger partial charge on any atom is 0.253 e. The standard InChI is InChI=1S/C17H19N3O/c1-18-17(21)15-12-14(13-6-8-19-9-7-13)4-5-16(15)20-10-2-3-11-20/h4-9,12H,2-3,10-11H2,1H3,(H,18,21). The third-order valence-electron chi connectivity index (χ3n) is 3.93. The number of nitrogens with zero attached hydrogens (tertiary/aromatic N) is 2. The van der Waals surface area contributed by atoms with Crippen molar-refractivity contribution in [3.63, 3.8) is 0 Å². The average Bonchev–Trinajstić information content (AvgIpc) is 3.08. The minimum Gasteiger partial charge on any atom is -0.371 e. The summed E-state index contributed by atoms with van der Waals surface area (Å²) < 4.78 is 0. The first-order valence-electron chi connectivity index (χ1n) is 7.31. The maximum absolute atomic E-state index is 12.2. The number of hydrogen-bond acceptors (Lipinski definition) is 3. The molecule has 1 saturated heterocycles. The Morgan fingerprint density at radius 1 is 1.10 bits per heavy atom. The summed E-state index contributed by atoms with van der Waals surface area (Å²) in [4.78, 5) is 18.6. The second-order valence-corrected chi connectivity index (χ2v) is 5.24. The Bertz CT molecular complexity index is 634. The van der Waals surface area contributed by atoms with Crippen LogP contribution in [0.2, 0.25) is 0 Å². The molecule has 1 amide bonds. The molecule has 0 spiro atoms. The number of carbonyl (C=O) groups is 1. The first-order valence-corrected chi connectivity index (χ1v) is 7.31. The third kappa shape index (κ3) is 2.75. The smallest absolute Gasteiger partial charge is 0.253 e. The van der Waals surface area contributed by atoms with Crippen LogP contribution in [-0.4, -0.2) is 31.0 Å². The number of benzene rings is 1. The summed E-state index contributed by atoms with van der Waals surface area (Å²) in [5.74, 6) is -0.0344. The van der Waals surface area contributed by atoms with Crippen LogP contribution in [0.25, 0.3) is 11.1 Å². The lowest BCUT2D eigenvalue weighted by atomic mass is 10.0. The minimum absolute atomic E-state index is 0.0344.